The normalized spacial score (nSPS) is 20.0. The highest BCUT2D eigenvalue weighted by molar-refractivity contribution is 6.62. The Morgan fingerprint density at radius 3 is 2.07 bits per heavy atom. The van der Waals surface area contributed by atoms with Crippen LogP contribution in [0, 0.1) is 0 Å². The molecule has 28 heavy (non-hydrogen) atoms. The lowest BCUT2D eigenvalue weighted by atomic mass is 9.78. The Morgan fingerprint density at radius 1 is 1.07 bits per heavy atom. The lowest BCUT2D eigenvalue weighted by Gasteiger charge is -2.32. The maximum absolute atomic E-state index is 13.1. The molecular weight excluding hydrogens is 370 g/mol. The molecule has 1 atom stereocenters. The van der Waals surface area contributed by atoms with Crippen molar-refractivity contribution in [3.8, 4) is 0 Å². The van der Waals surface area contributed by atoms with Gasteiger partial charge in [0.05, 0.1) is 30.5 Å². The van der Waals surface area contributed by atoms with Crippen molar-refractivity contribution in [2.45, 2.75) is 77.4 Å². The summed E-state index contributed by atoms with van der Waals surface area (Å²) in [4.78, 5) is 0. The first-order valence-corrected chi connectivity index (χ1v) is 9.59. The number of hydrogen-bond donors (Lipinski definition) is 1. The second-order valence-corrected chi connectivity index (χ2v) is 8.62. The molecule has 1 heterocycles. The molecule has 2 rings (SSSR count). The zero-order chi connectivity index (χ0) is 21.2. The molecule has 0 aliphatic carbocycles. The summed E-state index contributed by atoms with van der Waals surface area (Å²) in [7, 11) is -0.483. The average Bonchev–Trinajstić information content (AvgIpc) is 2.81. The van der Waals surface area contributed by atoms with Gasteiger partial charge in [0.2, 0.25) is 0 Å². The minimum Gasteiger partial charge on any atom is -0.399 e. The molecule has 1 aliphatic rings. The summed E-state index contributed by atoms with van der Waals surface area (Å²) < 4.78 is 56.0. The summed E-state index contributed by atoms with van der Waals surface area (Å²) in [5.41, 5.74) is -0.255. The molecule has 0 bridgehead atoms. The van der Waals surface area contributed by atoms with Crippen LogP contribution in [0.3, 0.4) is 0 Å². The third-order valence-electron chi connectivity index (χ3n) is 5.32. The van der Waals surface area contributed by atoms with Crippen LogP contribution in [0.25, 0.3) is 0 Å². The average molecular weight is 401 g/mol. The van der Waals surface area contributed by atoms with Gasteiger partial charge in [-0.25, -0.2) is 8.78 Å². The van der Waals surface area contributed by atoms with Gasteiger partial charge in [-0.2, -0.15) is 0 Å². The predicted octanol–water partition coefficient (Wildman–Crippen LogP) is 3.99. The molecule has 0 amide bonds. The zero-order valence-corrected chi connectivity index (χ0v) is 17.5. The Kier molecular flexibility index (Phi) is 7.24. The van der Waals surface area contributed by atoms with Crippen molar-refractivity contribution in [2.75, 3.05) is 13.2 Å². The van der Waals surface area contributed by atoms with Crippen LogP contribution < -0.4 is 10.8 Å². The van der Waals surface area contributed by atoms with Gasteiger partial charge in [0.25, 0.3) is 6.43 Å². The molecule has 1 aromatic rings. The molecule has 1 unspecified atom stereocenters. The molecule has 8 heteroatoms. The topological polar surface area (TPSA) is 39.7 Å². The number of nitrogens with one attached hydrogen (secondary N) is 1. The van der Waals surface area contributed by atoms with Gasteiger partial charge in [-0.1, -0.05) is 24.3 Å². The van der Waals surface area contributed by atoms with Crippen molar-refractivity contribution < 1.29 is 27.2 Å². The quantitative estimate of drug-likeness (QED) is 0.502. The molecule has 1 N–H and O–H groups in total. The SMILES string of the molecule is CC(C)(NCC(F)F)OC(CCF)c1ccc(B2OC(C)(C)C(C)(C)O2)cc1. The highest BCUT2D eigenvalue weighted by Gasteiger charge is 2.51. The van der Waals surface area contributed by atoms with Gasteiger partial charge in [-0.05, 0) is 52.6 Å². The van der Waals surface area contributed by atoms with Gasteiger partial charge >= 0.3 is 7.12 Å². The van der Waals surface area contributed by atoms with Crippen molar-refractivity contribution in [3.05, 3.63) is 29.8 Å². The minimum absolute atomic E-state index is 0.135. The first-order valence-electron chi connectivity index (χ1n) is 9.59. The Morgan fingerprint density at radius 2 is 1.61 bits per heavy atom. The van der Waals surface area contributed by atoms with Crippen molar-refractivity contribution >= 4 is 12.6 Å². The van der Waals surface area contributed by atoms with Gasteiger partial charge in [0.15, 0.2) is 0 Å². The van der Waals surface area contributed by atoms with Crippen LogP contribution in [0.2, 0.25) is 0 Å². The highest BCUT2D eigenvalue weighted by atomic mass is 19.3. The van der Waals surface area contributed by atoms with Gasteiger partial charge < -0.3 is 14.0 Å². The summed E-state index contributed by atoms with van der Waals surface area (Å²) in [6, 6.07) is 7.41. The Hall–Kier alpha value is -1.09. The molecule has 1 aromatic carbocycles. The summed E-state index contributed by atoms with van der Waals surface area (Å²) in [6.07, 6.45) is -2.91. The zero-order valence-electron chi connectivity index (χ0n) is 17.5. The van der Waals surface area contributed by atoms with E-state index in [4.69, 9.17) is 14.0 Å². The molecule has 158 valence electrons. The smallest absolute Gasteiger partial charge is 0.399 e. The van der Waals surface area contributed by atoms with Crippen LogP contribution in [0.4, 0.5) is 13.2 Å². The van der Waals surface area contributed by atoms with Crippen molar-refractivity contribution in [2.24, 2.45) is 0 Å². The van der Waals surface area contributed by atoms with Crippen LogP contribution >= 0.6 is 0 Å². The van der Waals surface area contributed by atoms with Gasteiger partial charge in [0, 0.05) is 6.42 Å². The van der Waals surface area contributed by atoms with Crippen LogP contribution in [0.15, 0.2) is 24.3 Å². The third kappa shape index (κ3) is 5.72. The fourth-order valence-corrected chi connectivity index (χ4v) is 2.96. The molecular formula is C20H31BF3NO3. The van der Waals surface area contributed by atoms with Gasteiger partial charge in [0.1, 0.15) is 5.72 Å². The maximum atomic E-state index is 13.1. The summed E-state index contributed by atoms with van der Waals surface area (Å²) in [5.74, 6) is 0. The molecule has 0 aromatic heterocycles. The maximum Gasteiger partial charge on any atom is 0.494 e. The number of benzene rings is 1. The summed E-state index contributed by atoms with van der Waals surface area (Å²) in [6.45, 7) is 10.2. The van der Waals surface area contributed by atoms with Gasteiger partial charge in [-0.3, -0.25) is 9.71 Å². The lowest BCUT2D eigenvalue weighted by molar-refractivity contribution is -0.103. The van der Waals surface area contributed by atoms with Gasteiger partial charge in [-0.15, -0.1) is 0 Å². The first-order chi connectivity index (χ1) is 12.9. The second-order valence-electron chi connectivity index (χ2n) is 8.62. The molecule has 0 saturated carbocycles. The summed E-state index contributed by atoms with van der Waals surface area (Å²) >= 11 is 0. The van der Waals surface area contributed by atoms with Crippen molar-refractivity contribution in [1.29, 1.82) is 0 Å². The highest BCUT2D eigenvalue weighted by Crippen LogP contribution is 2.36. The number of halogens is 3. The standard InChI is InChI=1S/C20H31BF3NO3/c1-18(2)19(3,4)28-21(27-18)15-9-7-14(8-10-15)16(11-12-22)26-20(5,6)25-13-17(23)24/h7-10,16-17,25H,11-13H2,1-6H3. The molecule has 1 saturated heterocycles. The number of rotatable bonds is 9. The van der Waals surface area contributed by atoms with Crippen molar-refractivity contribution in [1.82, 2.24) is 5.32 Å². The predicted molar refractivity (Wildman–Crippen MR) is 105 cm³/mol. The Balaban J connectivity index is 2.10. The number of alkyl halides is 3. The van der Waals surface area contributed by atoms with E-state index < -0.39 is 49.8 Å². The largest absolute Gasteiger partial charge is 0.494 e. The first kappa shape index (κ1) is 23.2. The summed E-state index contributed by atoms with van der Waals surface area (Å²) in [5, 5.41) is 2.66. The van der Waals surface area contributed by atoms with E-state index in [0.717, 1.165) is 11.0 Å². The van der Waals surface area contributed by atoms with E-state index in [-0.39, 0.29) is 6.42 Å². The van der Waals surface area contributed by atoms with E-state index in [9.17, 15) is 13.2 Å². The Bertz CT molecular complexity index is 622. The van der Waals surface area contributed by atoms with E-state index in [2.05, 4.69) is 5.32 Å². The van der Waals surface area contributed by atoms with E-state index in [1.165, 1.54) is 0 Å². The van der Waals surface area contributed by atoms with E-state index in [0.29, 0.717) is 0 Å². The second kappa shape index (κ2) is 8.73. The molecule has 1 fully saturated rings. The van der Waals surface area contributed by atoms with Crippen LogP contribution in [0.5, 0.6) is 0 Å². The van der Waals surface area contributed by atoms with E-state index in [1.807, 2.05) is 52.0 Å². The van der Waals surface area contributed by atoms with Crippen LogP contribution in [-0.4, -0.2) is 43.7 Å². The molecule has 4 nitrogen and oxygen atoms in total. The van der Waals surface area contributed by atoms with Crippen LogP contribution in [-0.2, 0) is 14.0 Å². The van der Waals surface area contributed by atoms with E-state index in [1.54, 1.807) is 13.8 Å². The Labute approximate surface area is 166 Å². The van der Waals surface area contributed by atoms with E-state index >= 15 is 0 Å². The number of hydrogen-bond acceptors (Lipinski definition) is 4. The molecule has 0 spiro atoms. The molecule has 0 radical (unpaired) electrons. The number of ether oxygens (including phenoxy) is 1. The minimum atomic E-state index is -2.48. The monoisotopic (exact) mass is 401 g/mol. The third-order valence-corrected chi connectivity index (χ3v) is 5.32. The van der Waals surface area contributed by atoms with Crippen molar-refractivity contribution in [3.63, 3.8) is 0 Å². The molecule has 1 aliphatic heterocycles. The van der Waals surface area contributed by atoms with Crippen LogP contribution in [0.1, 0.15) is 59.6 Å². The fraction of sp³-hybridized carbons (Fsp3) is 0.700. The lowest BCUT2D eigenvalue weighted by Crippen LogP contribution is -2.45. The fourth-order valence-electron chi connectivity index (χ4n) is 2.96.